The molecule has 0 aliphatic heterocycles. The molecular formula is C11H14ClNOS. The van der Waals surface area contributed by atoms with Crippen molar-refractivity contribution in [3.63, 3.8) is 0 Å². The predicted octanol–water partition coefficient (Wildman–Crippen LogP) is 2.89. The number of halogens is 1. The molecule has 1 heterocycles. The lowest BCUT2D eigenvalue weighted by Gasteiger charge is -2.13. The first-order chi connectivity index (χ1) is 7.27. The summed E-state index contributed by atoms with van der Waals surface area (Å²) in [7, 11) is 0. The van der Waals surface area contributed by atoms with Gasteiger partial charge in [0.2, 0.25) is 0 Å². The van der Waals surface area contributed by atoms with Crippen LogP contribution in [0.2, 0.25) is 0 Å². The molecule has 82 valence electrons. The van der Waals surface area contributed by atoms with E-state index in [1.807, 2.05) is 16.8 Å². The molecule has 15 heavy (non-hydrogen) atoms. The highest BCUT2D eigenvalue weighted by Crippen LogP contribution is 2.29. The molecule has 0 radical (unpaired) electrons. The molecule has 2 unspecified atom stereocenters. The topological polar surface area (TPSA) is 29.1 Å². The molecule has 0 bridgehead atoms. The van der Waals surface area contributed by atoms with Crippen LogP contribution in [0, 0.1) is 5.92 Å². The van der Waals surface area contributed by atoms with Crippen LogP contribution in [0.3, 0.4) is 0 Å². The summed E-state index contributed by atoms with van der Waals surface area (Å²) in [6.07, 6.45) is 3.41. The Labute approximate surface area is 98.6 Å². The Kier molecular flexibility index (Phi) is 3.65. The van der Waals surface area contributed by atoms with E-state index in [1.165, 1.54) is 17.8 Å². The summed E-state index contributed by atoms with van der Waals surface area (Å²) in [6.45, 7) is 0.711. The van der Waals surface area contributed by atoms with Crippen LogP contribution in [0.5, 0.6) is 0 Å². The molecule has 1 aliphatic carbocycles. The highest BCUT2D eigenvalue weighted by molar-refractivity contribution is 7.08. The molecule has 0 aromatic carbocycles. The highest BCUT2D eigenvalue weighted by atomic mass is 35.5. The van der Waals surface area contributed by atoms with Gasteiger partial charge in [0, 0.05) is 22.9 Å². The molecule has 2 rings (SSSR count). The predicted molar refractivity (Wildman–Crippen MR) is 63.6 cm³/mol. The van der Waals surface area contributed by atoms with Gasteiger partial charge in [0.05, 0.1) is 0 Å². The zero-order valence-corrected chi connectivity index (χ0v) is 9.98. The van der Waals surface area contributed by atoms with E-state index in [4.69, 9.17) is 11.6 Å². The van der Waals surface area contributed by atoms with E-state index >= 15 is 0 Å². The number of carbonyl (C=O) groups is 1. The fourth-order valence-corrected chi connectivity index (χ4v) is 2.95. The van der Waals surface area contributed by atoms with Crippen molar-refractivity contribution in [2.75, 3.05) is 6.54 Å². The van der Waals surface area contributed by atoms with E-state index in [-0.39, 0.29) is 11.3 Å². The third-order valence-electron chi connectivity index (χ3n) is 2.87. The molecule has 1 aliphatic rings. The number of carbonyl (C=O) groups excluding carboxylic acids is 1. The molecule has 2 atom stereocenters. The Balaban J connectivity index is 1.81. The number of hydrogen-bond donors (Lipinski definition) is 1. The number of rotatable bonds is 3. The summed E-state index contributed by atoms with van der Waals surface area (Å²) in [4.78, 5) is 11.6. The molecule has 0 spiro atoms. The monoisotopic (exact) mass is 243 g/mol. The summed E-state index contributed by atoms with van der Waals surface area (Å²) in [6, 6.07) is 1.84. The summed E-state index contributed by atoms with van der Waals surface area (Å²) < 4.78 is 0. The molecule has 2 nitrogen and oxygen atoms in total. The molecule has 0 saturated heterocycles. The van der Waals surface area contributed by atoms with Crippen molar-refractivity contribution in [1.29, 1.82) is 0 Å². The van der Waals surface area contributed by atoms with Gasteiger partial charge in [-0.25, -0.2) is 0 Å². The average molecular weight is 244 g/mol. The van der Waals surface area contributed by atoms with Crippen molar-refractivity contribution in [1.82, 2.24) is 5.32 Å². The van der Waals surface area contributed by atoms with Crippen LogP contribution in [0.25, 0.3) is 0 Å². The van der Waals surface area contributed by atoms with Gasteiger partial charge >= 0.3 is 0 Å². The van der Waals surface area contributed by atoms with Crippen LogP contribution in [-0.4, -0.2) is 17.8 Å². The first-order valence-electron chi connectivity index (χ1n) is 5.22. The lowest BCUT2D eigenvalue weighted by molar-refractivity contribution is 0.0948. The fourth-order valence-electron chi connectivity index (χ4n) is 1.94. The van der Waals surface area contributed by atoms with Gasteiger partial charge in [0.25, 0.3) is 5.91 Å². The van der Waals surface area contributed by atoms with Crippen molar-refractivity contribution in [2.45, 2.75) is 24.6 Å². The van der Waals surface area contributed by atoms with Crippen molar-refractivity contribution in [3.05, 3.63) is 22.4 Å². The quantitative estimate of drug-likeness (QED) is 0.813. The third-order valence-corrected chi connectivity index (χ3v) is 4.13. The van der Waals surface area contributed by atoms with Crippen LogP contribution >= 0.6 is 22.9 Å². The van der Waals surface area contributed by atoms with Gasteiger partial charge in [-0.05, 0) is 30.2 Å². The third kappa shape index (κ3) is 2.73. The maximum absolute atomic E-state index is 11.6. The maximum atomic E-state index is 11.6. The van der Waals surface area contributed by atoms with E-state index in [2.05, 4.69) is 5.32 Å². The Hall–Kier alpha value is -0.540. The standard InChI is InChI=1S/C11H14ClNOS/c12-10-3-1-2-8(10)6-13-11(14)9-4-5-15-7-9/h4-5,7-8,10H,1-3,6H2,(H,13,14). The zero-order valence-electron chi connectivity index (χ0n) is 8.41. The lowest BCUT2D eigenvalue weighted by Crippen LogP contribution is -2.30. The Morgan fingerprint density at radius 1 is 1.60 bits per heavy atom. The van der Waals surface area contributed by atoms with Crippen LogP contribution < -0.4 is 5.32 Å². The molecular weight excluding hydrogens is 230 g/mol. The van der Waals surface area contributed by atoms with E-state index < -0.39 is 0 Å². The zero-order chi connectivity index (χ0) is 10.7. The molecule has 1 N–H and O–H groups in total. The highest BCUT2D eigenvalue weighted by Gasteiger charge is 2.25. The minimum atomic E-state index is 0.0204. The van der Waals surface area contributed by atoms with Gasteiger partial charge in [0.1, 0.15) is 0 Å². The van der Waals surface area contributed by atoms with Gasteiger partial charge in [0.15, 0.2) is 0 Å². The number of alkyl halides is 1. The van der Waals surface area contributed by atoms with Crippen LogP contribution in [0.15, 0.2) is 16.8 Å². The van der Waals surface area contributed by atoms with Crippen LogP contribution in [-0.2, 0) is 0 Å². The van der Waals surface area contributed by atoms with Gasteiger partial charge in [-0.1, -0.05) is 6.42 Å². The molecule has 1 aromatic heterocycles. The SMILES string of the molecule is O=C(NCC1CCCC1Cl)c1ccsc1. The van der Waals surface area contributed by atoms with Crippen molar-refractivity contribution in [2.24, 2.45) is 5.92 Å². The number of amides is 1. The second-order valence-corrected chi connectivity index (χ2v) is 5.27. The minimum Gasteiger partial charge on any atom is -0.352 e. The first-order valence-corrected chi connectivity index (χ1v) is 6.60. The summed E-state index contributed by atoms with van der Waals surface area (Å²) in [5.41, 5.74) is 0.754. The van der Waals surface area contributed by atoms with E-state index in [1.54, 1.807) is 0 Å². The summed E-state index contributed by atoms with van der Waals surface area (Å²) >= 11 is 7.68. The van der Waals surface area contributed by atoms with E-state index in [9.17, 15) is 4.79 Å². The number of nitrogens with one attached hydrogen (secondary N) is 1. The first kappa shape index (κ1) is 11.0. The number of hydrogen-bond acceptors (Lipinski definition) is 2. The van der Waals surface area contributed by atoms with Gasteiger partial charge in [-0.2, -0.15) is 11.3 Å². The second-order valence-electron chi connectivity index (χ2n) is 3.93. The van der Waals surface area contributed by atoms with Crippen molar-refractivity contribution in [3.8, 4) is 0 Å². The average Bonchev–Trinajstić information content (AvgIpc) is 2.85. The fraction of sp³-hybridized carbons (Fsp3) is 0.545. The van der Waals surface area contributed by atoms with Crippen LogP contribution in [0.4, 0.5) is 0 Å². The molecule has 1 saturated carbocycles. The number of thiophene rings is 1. The van der Waals surface area contributed by atoms with Crippen molar-refractivity contribution < 1.29 is 4.79 Å². The van der Waals surface area contributed by atoms with Crippen LogP contribution in [0.1, 0.15) is 29.6 Å². The molecule has 1 fully saturated rings. The van der Waals surface area contributed by atoms with Crippen molar-refractivity contribution >= 4 is 28.8 Å². The van der Waals surface area contributed by atoms with E-state index in [0.717, 1.165) is 18.4 Å². The maximum Gasteiger partial charge on any atom is 0.252 e. The molecule has 1 aromatic rings. The van der Waals surface area contributed by atoms with Gasteiger partial charge < -0.3 is 5.32 Å². The molecule has 1 amide bonds. The van der Waals surface area contributed by atoms with Gasteiger partial charge in [-0.3, -0.25) is 4.79 Å². The van der Waals surface area contributed by atoms with E-state index in [0.29, 0.717) is 12.5 Å². The normalized spacial score (nSPS) is 25.4. The second kappa shape index (κ2) is 4.99. The Morgan fingerprint density at radius 2 is 2.47 bits per heavy atom. The lowest BCUT2D eigenvalue weighted by atomic mass is 10.1. The summed E-state index contributed by atoms with van der Waals surface area (Å²) in [5, 5.41) is 6.96. The largest absolute Gasteiger partial charge is 0.352 e. The van der Waals surface area contributed by atoms with Gasteiger partial charge in [-0.15, -0.1) is 11.6 Å². The minimum absolute atomic E-state index is 0.0204. The Bertz CT molecular complexity index is 325. The Morgan fingerprint density at radius 3 is 3.07 bits per heavy atom. The molecule has 4 heteroatoms. The summed E-state index contributed by atoms with van der Waals surface area (Å²) in [5.74, 6) is 0.473. The smallest absolute Gasteiger partial charge is 0.252 e.